The molecule has 3 heterocycles. The van der Waals surface area contributed by atoms with Crippen molar-refractivity contribution in [3.8, 4) is 11.5 Å². The zero-order valence-corrected chi connectivity index (χ0v) is 15.1. The van der Waals surface area contributed by atoms with Gasteiger partial charge in [-0.05, 0) is 30.8 Å². The Hall–Kier alpha value is -0.900. The van der Waals surface area contributed by atoms with E-state index in [9.17, 15) is 13.2 Å². The number of aryl methyl sites for hydroxylation is 2. The van der Waals surface area contributed by atoms with Crippen LogP contribution in [0.15, 0.2) is 18.5 Å². The molecule has 0 aromatic carbocycles. The van der Waals surface area contributed by atoms with Crippen LogP contribution in [-0.4, -0.2) is 37.1 Å². The number of alkyl halides is 3. The molecule has 0 aliphatic carbocycles. The Bertz CT molecular complexity index is 620. The second kappa shape index (κ2) is 8.98. The third-order valence-corrected chi connectivity index (χ3v) is 4.15. The minimum absolute atomic E-state index is 0. The van der Waals surface area contributed by atoms with Crippen LogP contribution in [0.5, 0.6) is 0 Å². The molecule has 2 aromatic heterocycles. The third kappa shape index (κ3) is 5.30. The number of fused-ring (bicyclic) bond motifs is 1. The fourth-order valence-corrected chi connectivity index (χ4v) is 2.97. The van der Waals surface area contributed by atoms with Gasteiger partial charge in [-0.1, -0.05) is 0 Å². The number of rotatable bonds is 4. The molecule has 5 nitrogen and oxygen atoms in total. The molecule has 0 radical (unpaired) electrons. The van der Waals surface area contributed by atoms with E-state index in [2.05, 4.69) is 15.4 Å². The molecule has 136 valence electrons. The Kier molecular flexibility index (Phi) is 7.91. The fraction of sp³-hybridized carbons (Fsp3) is 0.538. The van der Waals surface area contributed by atoms with Crippen LogP contribution in [0.4, 0.5) is 13.2 Å². The number of hydrogen-bond acceptors (Lipinski definition) is 4. The smallest absolute Gasteiger partial charge is 0.329 e. The minimum atomic E-state index is -4.20. The van der Waals surface area contributed by atoms with Crippen molar-refractivity contribution in [2.75, 3.05) is 12.3 Å². The summed E-state index contributed by atoms with van der Waals surface area (Å²) in [5, 5.41) is 7.85. The van der Waals surface area contributed by atoms with Crippen LogP contribution < -0.4 is 5.32 Å². The lowest BCUT2D eigenvalue weighted by Gasteiger charge is -2.08. The fourth-order valence-electron chi connectivity index (χ4n) is 2.45. The maximum Gasteiger partial charge on any atom is 0.441 e. The first-order chi connectivity index (χ1) is 10.5. The van der Waals surface area contributed by atoms with Crippen molar-refractivity contribution in [1.82, 2.24) is 24.6 Å². The third-order valence-electron chi connectivity index (χ3n) is 3.44. The zero-order valence-electron chi connectivity index (χ0n) is 12.6. The number of nitrogens with one attached hydrogen (secondary N) is 1. The summed E-state index contributed by atoms with van der Waals surface area (Å²) >= 11 is -0.0184. The molecule has 0 saturated carbocycles. The van der Waals surface area contributed by atoms with Crippen LogP contribution in [0, 0.1) is 0 Å². The van der Waals surface area contributed by atoms with Crippen molar-refractivity contribution in [2.24, 2.45) is 0 Å². The summed E-state index contributed by atoms with van der Waals surface area (Å²) in [6, 6.07) is 1.95. The van der Waals surface area contributed by atoms with Gasteiger partial charge in [0.15, 0.2) is 5.82 Å². The van der Waals surface area contributed by atoms with E-state index in [1.807, 2.05) is 10.7 Å². The summed E-state index contributed by atoms with van der Waals surface area (Å²) in [6.45, 7) is 2.80. The van der Waals surface area contributed by atoms with Gasteiger partial charge in [0.1, 0.15) is 5.69 Å². The Morgan fingerprint density at radius 1 is 1.29 bits per heavy atom. The Balaban J connectivity index is 0.00000144. The summed E-state index contributed by atoms with van der Waals surface area (Å²) in [4.78, 5) is 4.24. The van der Waals surface area contributed by atoms with Crippen molar-refractivity contribution in [3.63, 3.8) is 0 Å². The van der Waals surface area contributed by atoms with Crippen LogP contribution in [-0.2, 0) is 19.6 Å². The van der Waals surface area contributed by atoms with E-state index >= 15 is 0 Å². The van der Waals surface area contributed by atoms with Gasteiger partial charge in [0.25, 0.3) is 0 Å². The van der Waals surface area contributed by atoms with Gasteiger partial charge in [0, 0.05) is 37.8 Å². The number of nitrogens with zero attached hydrogens (tertiary/aromatic N) is 4. The van der Waals surface area contributed by atoms with Crippen LogP contribution >= 0.6 is 36.6 Å². The molecule has 3 rings (SSSR count). The molecule has 0 fully saturated rings. The molecule has 0 amide bonds. The van der Waals surface area contributed by atoms with E-state index in [-0.39, 0.29) is 48.9 Å². The van der Waals surface area contributed by atoms with Gasteiger partial charge in [-0.3, -0.25) is 4.68 Å². The van der Waals surface area contributed by atoms with Gasteiger partial charge in [0.05, 0.1) is 5.69 Å². The summed E-state index contributed by atoms with van der Waals surface area (Å²) in [7, 11) is 0. The minimum Gasteiger partial charge on any atom is -0.329 e. The van der Waals surface area contributed by atoms with E-state index in [1.54, 1.807) is 17.0 Å². The van der Waals surface area contributed by atoms with E-state index in [4.69, 9.17) is 0 Å². The molecule has 0 atom stereocenters. The quantitative estimate of drug-likeness (QED) is 0.850. The molecular formula is C13H18Cl2F3N5S. The number of halogens is 5. The number of aromatic nitrogens is 4. The van der Waals surface area contributed by atoms with E-state index in [1.165, 1.54) is 0 Å². The molecule has 2 aromatic rings. The number of hydrogen-bond donors (Lipinski definition) is 1. The molecule has 0 unspecified atom stereocenters. The van der Waals surface area contributed by atoms with Crippen LogP contribution in [0.2, 0.25) is 0 Å². The molecule has 0 bridgehead atoms. The maximum atomic E-state index is 12.2. The van der Waals surface area contributed by atoms with E-state index in [0.29, 0.717) is 11.5 Å². The standard InChI is InChI=1S/C13H16F3N5S.2ClH/c14-13(15,16)22-7-6-20-5-3-18-12(20)11-8-10-9-17-2-1-4-21(10)19-11;;/h3,5,8,17H,1-2,4,6-7,9H2;2*1H. The average molecular weight is 404 g/mol. The molecule has 1 aliphatic heterocycles. The SMILES string of the molecule is Cl.Cl.FC(F)(F)SCCn1ccnc1-c1cc2n(n1)CCCNC2. The highest BCUT2D eigenvalue weighted by Crippen LogP contribution is 2.30. The van der Waals surface area contributed by atoms with Gasteiger partial charge in [-0.25, -0.2) is 4.98 Å². The van der Waals surface area contributed by atoms with Crippen molar-refractivity contribution >= 4 is 36.6 Å². The lowest BCUT2D eigenvalue weighted by Crippen LogP contribution is -2.11. The lowest BCUT2D eigenvalue weighted by atomic mass is 10.3. The molecule has 1 aliphatic rings. The zero-order chi connectivity index (χ0) is 15.6. The monoisotopic (exact) mass is 403 g/mol. The van der Waals surface area contributed by atoms with Gasteiger partial charge in [-0.2, -0.15) is 18.3 Å². The van der Waals surface area contributed by atoms with Gasteiger partial charge < -0.3 is 9.88 Å². The van der Waals surface area contributed by atoms with Crippen molar-refractivity contribution < 1.29 is 13.2 Å². The number of imidazole rings is 1. The highest BCUT2D eigenvalue weighted by Gasteiger charge is 2.27. The predicted octanol–water partition coefficient (Wildman–Crippen LogP) is 3.34. The highest BCUT2D eigenvalue weighted by molar-refractivity contribution is 8.00. The normalized spacial score (nSPS) is 14.3. The summed E-state index contributed by atoms with van der Waals surface area (Å²) in [6.07, 6.45) is 4.29. The number of thioether (sulfide) groups is 1. The first kappa shape index (κ1) is 21.1. The topological polar surface area (TPSA) is 47.7 Å². The highest BCUT2D eigenvalue weighted by atomic mass is 35.5. The first-order valence-corrected chi connectivity index (χ1v) is 8.01. The van der Waals surface area contributed by atoms with Crippen molar-refractivity contribution in [3.05, 3.63) is 24.2 Å². The van der Waals surface area contributed by atoms with Gasteiger partial charge in [-0.15, -0.1) is 24.8 Å². The largest absolute Gasteiger partial charge is 0.441 e. The molecule has 11 heteroatoms. The molecule has 1 N–H and O–H groups in total. The Morgan fingerprint density at radius 2 is 2.08 bits per heavy atom. The second-order valence-electron chi connectivity index (χ2n) is 5.01. The van der Waals surface area contributed by atoms with Crippen LogP contribution in [0.3, 0.4) is 0 Å². The van der Waals surface area contributed by atoms with Crippen molar-refractivity contribution in [2.45, 2.75) is 31.6 Å². The average Bonchev–Trinajstić information content (AvgIpc) is 2.99. The summed E-state index contributed by atoms with van der Waals surface area (Å²) in [5.74, 6) is 0.575. The van der Waals surface area contributed by atoms with Gasteiger partial charge in [0.2, 0.25) is 0 Å². The second-order valence-corrected chi connectivity index (χ2v) is 6.17. The predicted molar refractivity (Wildman–Crippen MR) is 92.8 cm³/mol. The first-order valence-electron chi connectivity index (χ1n) is 7.02. The molecule has 24 heavy (non-hydrogen) atoms. The van der Waals surface area contributed by atoms with E-state index in [0.717, 1.165) is 31.7 Å². The van der Waals surface area contributed by atoms with Crippen LogP contribution in [0.25, 0.3) is 11.5 Å². The summed E-state index contributed by atoms with van der Waals surface area (Å²) in [5.41, 5.74) is -2.41. The molecule has 0 saturated heterocycles. The van der Waals surface area contributed by atoms with E-state index < -0.39 is 5.51 Å². The van der Waals surface area contributed by atoms with Crippen molar-refractivity contribution in [1.29, 1.82) is 0 Å². The Morgan fingerprint density at radius 3 is 2.83 bits per heavy atom. The van der Waals surface area contributed by atoms with Crippen LogP contribution in [0.1, 0.15) is 12.1 Å². The maximum absolute atomic E-state index is 12.2. The van der Waals surface area contributed by atoms with Gasteiger partial charge >= 0.3 is 5.51 Å². The molecule has 0 spiro atoms. The summed E-state index contributed by atoms with van der Waals surface area (Å²) < 4.78 is 40.3. The lowest BCUT2D eigenvalue weighted by molar-refractivity contribution is -0.0328. The Labute approximate surface area is 154 Å². The molecular weight excluding hydrogens is 386 g/mol.